The molecule has 0 aliphatic carbocycles. The van der Waals surface area contributed by atoms with Gasteiger partial charge in [0.1, 0.15) is 0 Å². The average molecular weight is 239 g/mol. The molecule has 6 nitrogen and oxygen atoms in total. The minimum atomic E-state index is -0.124. The van der Waals surface area contributed by atoms with Gasteiger partial charge in [-0.2, -0.15) is 5.21 Å². The Morgan fingerprint density at radius 3 is 2.94 bits per heavy atom. The second-order valence-corrected chi connectivity index (χ2v) is 3.75. The number of aromatic amines is 1. The van der Waals surface area contributed by atoms with Gasteiger partial charge in [-0.3, -0.25) is 0 Å². The SMILES string of the molecule is CC(Nc1c(N)cccc1Cl)c1nn[nH]n1. The number of tetrazole rings is 1. The summed E-state index contributed by atoms with van der Waals surface area (Å²) >= 11 is 6.03. The molecule has 0 radical (unpaired) electrons. The van der Waals surface area contributed by atoms with E-state index in [0.717, 1.165) is 0 Å². The lowest BCUT2D eigenvalue weighted by atomic mass is 10.2. The third-order valence-corrected chi connectivity index (χ3v) is 2.47. The fraction of sp³-hybridized carbons (Fsp3) is 0.222. The highest BCUT2D eigenvalue weighted by atomic mass is 35.5. The standard InChI is InChI=1S/C9H11ClN6/c1-5(9-13-15-16-14-9)12-8-6(10)3-2-4-7(8)11/h2-5,12H,11H2,1H3,(H,13,14,15,16). The Bertz CT molecular complexity index is 449. The molecule has 0 fully saturated rings. The first-order valence-electron chi connectivity index (χ1n) is 4.72. The molecule has 2 rings (SSSR count). The van der Waals surface area contributed by atoms with Crippen molar-refractivity contribution in [1.29, 1.82) is 0 Å². The Hall–Kier alpha value is -1.82. The maximum absolute atomic E-state index is 6.03. The molecular weight excluding hydrogens is 228 g/mol. The Morgan fingerprint density at radius 1 is 1.50 bits per heavy atom. The summed E-state index contributed by atoms with van der Waals surface area (Å²) in [5, 5.41) is 17.3. The third kappa shape index (κ3) is 2.06. The Kier molecular flexibility index (Phi) is 2.91. The highest BCUT2D eigenvalue weighted by Gasteiger charge is 2.13. The highest BCUT2D eigenvalue weighted by molar-refractivity contribution is 6.33. The molecule has 84 valence electrons. The summed E-state index contributed by atoms with van der Waals surface area (Å²) in [4.78, 5) is 0. The number of benzene rings is 1. The second kappa shape index (κ2) is 4.36. The fourth-order valence-electron chi connectivity index (χ4n) is 1.33. The van der Waals surface area contributed by atoms with Crippen LogP contribution in [0, 0.1) is 0 Å². The number of anilines is 2. The molecule has 2 aromatic rings. The molecule has 0 amide bonds. The number of nitrogens with one attached hydrogen (secondary N) is 2. The van der Waals surface area contributed by atoms with Crippen LogP contribution in [0.5, 0.6) is 0 Å². The van der Waals surface area contributed by atoms with Gasteiger partial charge in [0.15, 0.2) is 5.82 Å². The van der Waals surface area contributed by atoms with Crippen LogP contribution < -0.4 is 11.1 Å². The van der Waals surface area contributed by atoms with E-state index in [1.54, 1.807) is 18.2 Å². The summed E-state index contributed by atoms with van der Waals surface area (Å²) in [6.45, 7) is 1.90. The number of para-hydroxylation sites is 1. The lowest BCUT2D eigenvalue weighted by Crippen LogP contribution is -2.10. The van der Waals surface area contributed by atoms with E-state index in [-0.39, 0.29) is 6.04 Å². The molecular formula is C9H11ClN6. The van der Waals surface area contributed by atoms with Gasteiger partial charge in [-0.25, -0.2) is 0 Å². The van der Waals surface area contributed by atoms with Crippen molar-refractivity contribution in [1.82, 2.24) is 20.6 Å². The van der Waals surface area contributed by atoms with Crippen molar-refractivity contribution in [2.45, 2.75) is 13.0 Å². The highest BCUT2D eigenvalue weighted by Crippen LogP contribution is 2.30. The van der Waals surface area contributed by atoms with E-state index in [1.165, 1.54) is 0 Å². The van der Waals surface area contributed by atoms with Crippen molar-refractivity contribution in [2.24, 2.45) is 0 Å². The molecule has 7 heteroatoms. The maximum Gasteiger partial charge on any atom is 0.196 e. The minimum Gasteiger partial charge on any atom is -0.397 e. The molecule has 1 aromatic heterocycles. The molecule has 0 aliphatic heterocycles. The normalized spacial score (nSPS) is 12.4. The first kappa shape index (κ1) is 10.7. The molecule has 1 unspecified atom stereocenters. The fourth-order valence-corrected chi connectivity index (χ4v) is 1.56. The number of rotatable bonds is 3. The van der Waals surface area contributed by atoms with Gasteiger partial charge in [-0.1, -0.05) is 22.9 Å². The number of H-pyrrole nitrogens is 1. The van der Waals surface area contributed by atoms with E-state index in [0.29, 0.717) is 22.2 Å². The zero-order chi connectivity index (χ0) is 11.5. The van der Waals surface area contributed by atoms with E-state index in [1.807, 2.05) is 6.92 Å². The topological polar surface area (TPSA) is 92.5 Å². The molecule has 0 spiro atoms. The van der Waals surface area contributed by atoms with E-state index in [2.05, 4.69) is 25.9 Å². The molecule has 0 saturated carbocycles. The number of nitrogens with zero attached hydrogens (tertiary/aromatic N) is 3. The molecule has 0 aliphatic rings. The largest absolute Gasteiger partial charge is 0.397 e. The number of nitrogen functional groups attached to an aromatic ring is 1. The Morgan fingerprint density at radius 2 is 2.31 bits per heavy atom. The average Bonchev–Trinajstić information content (AvgIpc) is 2.76. The summed E-state index contributed by atoms with van der Waals surface area (Å²) < 4.78 is 0. The Labute approximate surface area is 97.2 Å². The minimum absolute atomic E-state index is 0.124. The van der Waals surface area contributed by atoms with E-state index in [9.17, 15) is 0 Å². The van der Waals surface area contributed by atoms with Gasteiger partial charge in [-0.15, -0.1) is 10.2 Å². The van der Waals surface area contributed by atoms with Crippen LogP contribution in [-0.2, 0) is 0 Å². The van der Waals surface area contributed by atoms with Crippen LogP contribution in [0.3, 0.4) is 0 Å². The number of nitrogens with two attached hydrogens (primary N) is 1. The second-order valence-electron chi connectivity index (χ2n) is 3.34. The van der Waals surface area contributed by atoms with Crippen molar-refractivity contribution in [3.8, 4) is 0 Å². The molecule has 0 bridgehead atoms. The molecule has 1 aromatic carbocycles. The zero-order valence-electron chi connectivity index (χ0n) is 8.61. The summed E-state index contributed by atoms with van der Waals surface area (Å²) in [5.41, 5.74) is 7.08. The van der Waals surface area contributed by atoms with Gasteiger partial charge in [-0.05, 0) is 19.1 Å². The first-order chi connectivity index (χ1) is 7.68. The van der Waals surface area contributed by atoms with Crippen LogP contribution in [0.1, 0.15) is 18.8 Å². The smallest absolute Gasteiger partial charge is 0.196 e. The molecule has 16 heavy (non-hydrogen) atoms. The number of hydrogen-bond acceptors (Lipinski definition) is 5. The van der Waals surface area contributed by atoms with Crippen LogP contribution in [0.15, 0.2) is 18.2 Å². The monoisotopic (exact) mass is 238 g/mol. The van der Waals surface area contributed by atoms with E-state index < -0.39 is 0 Å². The van der Waals surface area contributed by atoms with E-state index >= 15 is 0 Å². The molecule has 0 saturated heterocycles. The Balaban J connectivity index is 2.21. The maximum atomic E-state index is 6.03. The lowest BCUT2D eigenvalue weighted by molar-refractivity contribution is 0.794. The number of halogens is 1. The van der Waals surface area contributed by atoms with Crippen molar-refractivity contribution in [3.05, 3.63) is 29.0 Å². The van der Waals surface area contributed by atoms with Gasteiger partial charge < -0.3 is 11.1 Å². The van der Waals surface area contributed by atoms with Crippen molar-refractivity contribution in [2.75, 3.05) is 11.1 Å². The van der Waals surface area contributed by atoms with Crippen molar-refractivity contribution >= 4 is 23.0 Å². The van der Waals surface area contributed by atoms with Crippen LogP contribution in [-0.4, -0.2) is 20.6 Å². The van der Waals surface area contributed by atoms with Crippen LogP contribution in [0.25, 0.3) is 0 Å². The van der Waals surface area contributed by atoms with Crippen molar-refractivity contribution in [3.63, 3.8) is 0 Å². The third-order valence-electron chi connectivity index (χ3n) is 2.16. The first-order valence-corrected chi connectivity index (χ1v) is 5.10. The van der Waals surface area contributed by atoms with Gasteiger partial charge in [0, 0.05) is 0 Å². The summed E-state index contributed by atoms with van der Waals surface area (Å²) in [6, 6.07) is 5.21. The molecule has 4 N–H and O–H groups in total. The summed E-state index contributed by atoms with van der Waals surface area (Å²) in [6.07, 6.45) is 0. The summed E-state index contributed by atoms with van der Waals surface area (Å²) in [5.74, 6) is 0.555. The molecule has 1 atom stereocenters. The van der Waals surface area contributed by atoms with E-state index in [4.69, 9.17) is 17.3 Å². The number of aromatic nitrogens is 4. The van der Waals surface area contributed by atoms with Crippen molar-refractivity contribution < 1.29 is 0 Å². The van der Waals surface area contributed by atoms with Gasteiger partial charge >= 0.3 is 0 Å². The van der Waals surface area contributed by atoms with Crippen LogP contribution in [0.4, 0.5) is 11.4 Å². The molecule has 1 heterocycles. The van der Waals surface area contributed by atoms with Gasteiger partial charge in [0.2, 0.25) is 0 Å². The lowest BCUT2D eigenvalue weighted by Gasteiger charge is -2.14. The quantitative estimate of drug-likeness (QED) is 0.707. The predicted octanol–water partition coefficient (Wildman–Crippen LogP) is 1.61. The predicted molar refractivity (Wildman–Crippen MR) is 62.1 cm³/mol. The zero-order valence-corrected chi connectivity index (χ0v) is 9.36. The summed E-state index contributed by atoms with van der Waals surface area (Å²) in [7, 11) is 0. The van der Waals surface area contributed by atoms with Gasteiger partial charge in [0.25, 0.3) is 0 Å². The van der Waals surface area contributed by atoms with Crippen LogP contribution in [0.2, 0.25) is 5.02 Å². The number of hydrogen-bond donors (Lipinski definition) is 3. The van der Waals surface area contributed by atoms with Gasteiger partial charge in [0.05, 0.1) is 22.4 Å². The van der Waals surface area contributed by atoms with Crippen LogP contribution >= 0.6 is 11.6 Å².